The third-order valence-electron chi connectivity index (χ3n) is 4.73. The molecule has 8 heteroatoms. The number of anilines is 2. The van der Waals surface area contributed by atoms with Gasteiger partial charge in [-0.3, -0.25) is 4.90 Å². The third kappa shape index (κ3) is 3.66. The van der Waals surface area contributed by atoms with Crippen molar-refractivity contribution in [3.8, 4) is 11.5 Å². The molecule has 3 aromatic carbocycles. The van der Waals surface area contributed by atoms with Crippen LogP contribution in [-0.4, -0.2) is 20.3 Å². The predicted octanol–water partition coefficient (Wildman–Crippen LogP) is 6.15. The molecule has 1 aliphatic heterocycles. The predicted molar refractivity (Wildman–Crippen MR) is 117 cm³/mol. The Kier molecular flexibility index (Phi) is 5.74. The first-order chi connectivity index (χ1) is 14.5. The van der Waals surface area contributed by atoms with Crippen LogP contribution in [0, 0.1) is 5.82 Å². The molecule has 0 aliphatic carbocycles. The van der Waals surface area contributed by atoms with E-state index >= 15 is 0 Å². The van der Waals surface area contributed by atoms with Crippen molar-refractivity contribution in [1.29, 1.82) is 0 Å². The van der Waals surface area contributed by atoms with Crippen LogP contribution in [0.2, 0.25) is 5.02 Å². The number of carbonyl (C=O) groups excluding carboxylic acids is 1. The second-order valence-corrected chi connectivity index (χ2v) is 7.86. The molecule has 0 bridgehead atoms. The number of halogens is 2. The van der Waals surface area contributed by atoms with Gasteiger partial charge in [0.05, 0.1) is 37.0 Å². The molecular formula is C22H18ClFN2O3S. The minimum atomic E-state index is -0.455. The van der Waals surface area contributed by atoms with Crippen molar-refractivity contribution in [2.24, 2.45) is 0 Å². The summed E-state index contributed by atoms with van der Waals surface area (Å²) in [7, 11) is 3.09. The first kappa shape index (κ1) is 20.4. The van der Waals surface area contributed by atoms with Crippen LogP contribution in [0.1, 0.15) is 5.56 Å². The van der Waals surface area contributed by atoms with Gasteiger partial charge in [0.1, 0.15) is 5.82 Å². The highest BCUT2D eigenvalue weighted by Gasteiger charge is 2.33. The molecule has 3 aromatic rings. The molecular weight excluding hydrogens is 427 g/mol. The lowest BCUT2D eigenvalue weighted by Gasteiger charge is -2.36. The molecule has 0 aromatic heterocycles. The Hall–Kier alpha value is -2.90. The van der Waals surface area contributed by atoms with Crippen LogP contribution in [0.3, 0.4) is 0 Å². The zero-order chi connectivity index (χ0) is 21.3. The van der Waals surface area contributed by atoms with Gasteiger partial charge in [-0.05, 0) is 48.3 Å². The van der Waals surface area contributed by atoms with E-state index in [1.165, 1.54) is 30.0 Å². The molecule has 0 saturated heterocycles. The van der Waals surface area contributed by atoms with E-state index in [2.05, 4.69) is 0 Å². The standard InChI is InChI=1S/C22H18ClFN2O3S/c1-28-19-11-10-14(12-20(19)29-2)26-22(27)25(18-8-3-4-9-21(18)30-26)13-15-16(23)6-5-7-17(15)24/h3-12H,13H2,1-2H3. The van der Waals surface area contributed by atoms with Crippen molar-refractivity contribution in [3.63, 3.8) is 0 Å². The number of amides is 2. The number of methoxy groups -OCH3 is 2. The fraction of sp³-hybridized carbons (Fsp3) is 0.136. The van der Waals surface area contributed by atoms with Crippen molar-refractivity contribution in [2.45, 2.75) is 11.4 Å². The lowest BCUT2D eigenvalue weighted by atomic mass is 10.1. The van der Waals surface area contributed by atoms with Gasteiger partial charge in [0.25, 0.3) is 0 Å². The smallest absolute Gasteiger partial charge is 0.339 e. The van der Waals surface area contributed by atoms with Crippen LogP contribution >= 0.6 is 23.5 Å². The number of carbonyl (C=O) groups is 1. The molecule has 1 aliphatic rings. The number of urea groups is 1. The quantitative estimate of drug-likeness (QED) is 0.442. The number of fused-ring (bicyclic) bond motifs is 1. The van der Waals surface area contributed by atoms with E-state index in [-0.39, 0.29) is 23.2 Å². The number of hydrogen-bond donors (Lipinski definition) is 0. The van der Waals surface area contributed by atoms with Crippen LogP contribution in [0.25, 0.3) is 0 Å². The molecule has 30 heavy (non-hydrogen) atoms. The largest absolute Gasteiger partial charge is 0.493 e. The molecule has 0 fully saturated rings. The van der Waals surface area contributed by atoms with Crippen molar-refractivity contribution < 1.29 is 18.7 Å². The topological polar surface area (TPSA) is 42.0 Å². The summed E-state index contributed by atoms with van der Waals surface area (Å²) in [6.45, 7) is 0.00566. The first-order valence-electron chi connectivity index (χ1n) is 9.07. The number of para-hydroxylation sites is 1. The molecule has 0 saturated carbocycles. The second-order valence-electron chi connectivity index (χ2n) is 6.46. The number of nitrogens with zero attached hydrogens (tertiary/aromatic N) is 2. The SMILES string of the molecule is COc1ccc(N2Sc3ccccc3N(Cc3c(F)cccc3Cl)C2=O)cc1OC. The molecule has 154 valence electrons. The van der Waals surface area contributed by atoms with Crippen molar-refractivity contribution in [3.05, 3.63) is 77.1 Å². The number of hydrogen-bond acceptors (Lipinski definition) is 4. The van der Waals surface area contributed by atoms with Crippen molar-refractivity contribution in [2.75, 3.05) is 23.4 Å². The maximum atomic E-state index is 14.4. The lowest BCUT2D eigenvalue weighted by Crippen LogP contribution is -2.43. The highest BCUT2D eigenvalue weighted by molar-refractivity contribution is 8.01. The first-order valence-corrected chi connectivity index (χ1v) is 10.2. The highest BCUT2D eigenvalue weighted by Crippen LogP contribution is 2.44. The van der Waals surface area contributed by atoms with Gasteiger partial charge < -0.3 is 9.47 Å². The maximum absolute atomic E-state index is 14.4. The molecule has 0 unspecified atom stereocenters. The number of ether oxygens (including phenoxy) is 2. The van der Waals surface area contributed by atoms with Gasteiger partial charge in [0, 0.05) is 16.7 Å². The summed E-state index contributed by atoms with van der Waals surface area (Å²) in [5.41, 5.74) is 1.58. The fourth-order valence-corrected chi connectivity index (χ4v) is 4.44. The summed E-state index contributed by atoms with van der Waals surface area (Å²) >= 11 is 7.52. The Morgan fingerprint density at radius 2 is 1.77 bits per heavy atom. The Bertz CT molecular complexity index is 1090. The molecule has 0 atom stereocenters. The Morgan fingerprint density at radius 1 is 1.00 bits per heavy atom. The van der Waals surface area contributed by atoms with E-state index in [9.17, 15) is 9.18 Å². The van der Waals surface area contributed by atoms with Crippen LogP contribution in [0.15, 0.2) is 65.6 Å². The summed E-state index contributed by atoms with van der Waals surface area (Å²) in [5, 5.41) is 0.274. The van der Waals surface area contributed by atoms with E-state index in [0.29, 0.717) is 22.9 Å². The summed E-state index contributed by atoms with van der Waals surface area (Å²) in [4.78, 5) is 15.8. The zero-order valence-electron chi connectivity index (χ0n) is 16.3. The van der Waals surface area contributed by atoms with E-state index < -0.39 is 5.82 Å². The minimum Gasteiger partial charge on any atom is -0.493 e. The van der Waals surface area contributed by atoms with Crippen LogP contribution in [0.4, 0.5) is 20.6 Å². The molecule has 0 spiro atoms. The Labute approximate surface area is 183 Å². The van der Waals surface area contributed by atoms with Crippen LogP contribution in [0.5, 0.6) is 11.5 Å². The summed E-state index contributed by atoms with van der Waals surface area (Å²) in [5.74, 6) is 0.612. The molecule has 0 radical (unpaired) electrons. The summed E-state index contributed by atoms with van der Waals surface area (Å²) < 4.78 is 26.6. The van der Waals surface area contributed by atoms with Gasteiger partial charge in [0.2, 0.25) is 0 Å². The number of benzene rings is 3. The number of rotatable bonds is 5. The average molecular weight is 445 g/mol. The monoisotopic (exact) mass is 444 g/mol. The van der Waals surface area contributed by atoms with Crippen LogP contribution in [-0.2, 0) is 6.54 Å². The highest BCUT2D eigenvalue weighted by atomic mass is 35.5. The van der Waals surface area contributed by atoms with E-state index in [0.717, 1.165) is 4.90 Å². The van der Waals surface area contributed by atoms with Gasteiger partial charge in [-0.1, -0.05) is 29.8 Å². The fourth-order valence-electron chi connectivity index (χ4n) is 3.22. The normalized spacial score (nSPS) is 13.3. The zero-order valence-corrected chi connectivity index (χ0v) is 17.8. The van der Waals surface area contributed by atoms with E-state index in [4.69, 9.17) is 21.1 Å². The minimum absolute atomic E-state index is 0.00566. The van der Waals surface area contributed by atoms with E-state index in [1.54, 1.807) is 41.7 Å². The molecule has 2 amide bonds. The Balaban J connectivity index is 1.77. The molecule has 0 N–H and O–H groups in total. The molecule has 5 nitrogen and oxygen atoms in total. The third-order valence-corrected chi connectivity index (χ3v) is 6.18. The molecule has 4 rings (SSSR count). The van der Waals surface area contributed by atoms with Crippen LogP contribution < -0.4 is 18.7 Å². The van der Waals surface area contributed by atoms with Gasteiger partial charge in [-0.15, -0.1) is 0 Å². The van der Waals surface area contributed by atoms with Gasteiger partial charge >= 0.3 is 6.03 Å². The van der Waals surface area contributed by atoms with Gasteiger partial charge in [-0.2, -0.15) is 0 Å². The van der Waals surface area contributed by atoms with Crippen molar-refractivity contribution in [1.82, 2.24) is 0 Å². The van der Waals surface area contributed by atoms with Crippen molar-refractivity contribution >= 4 is 41.0 Å². The summed E-state index contributed by atoms with van der Waals surface area (Å²) in [6.07, 6.45) is 0. The second kappa shape index (κ2) is 8.45. The van der Waals surface area contributed by atoms with Gasteiger partial charge in [0.15, 0.2) is 11.5 Å². The average Bonchev–Trinajstić information content (AvgIpc) is 2.77. The summed E-state index contributed by atoms with van der Waals surface area (Å²) in [6, 6.07) is 16.9. The Morgan fingerprint density at radius 3 is 2.50 bits per heavy atom. The lowest BCUT2D eigenvalue weighted by molar-refractivity contribution is 0.254. The maximum Gasteiger partial charge on any atom is 0.339 e. The van der Waals surface area contributed by atoms with E-state index in [1.807, 2.05) is 24.3 Å². The van der Waals surface area contributed by atoms with Gasteiger partial charge in [-0.25, -0.2) is 13.5 Å². The molecule has 1 heterocycles.